The van der Waals surface area contributed by atoms with Crippen molar-refractivity contribution in [3.63, 3.8) is 0 Å². The molecule has 1 aromatic heterocycles. The summed E-state index contributed by atoms with van der Waals surface area (Å²) in [7, 11) is 0. The van der Waals surface area contributed by atoms with Crippen LogP contribution in [0.5, 0.6) is 0 Å². The molecule has 0 aliphatic heterocycles. The van der Waals surface area contributed by atoms with Crippen LogP contribution in [0, 0.1) is 0 Å². The zero-order valence-electron chi connectivity index (χ0n) is 31.9. The molecule has 1 aliphatic rings. The number of aromatic nitrogens is 1. The summed E-state index contributed by atoms with van der Waals surface area (Å²) >= 11 is 0. The van der Waals surface area contributed by atoms with Crippen molar-refractivity contribution in [3.8, 4) is 27.9 Å². The van der Waals surface area contributed by atoms with E-state index in [-0.39, 0.29) is 5.41 Å². The van der Waals surface area contributed by atoms with Gasteiger partial charge in [0.1, 0.15) is 0 Å². The van der Waals surface area contributed by atoms with Gasteiger partial charge in [-0.05, 0) is 126 Å². The molecule has 11 aromatic rings. The fraction of sp³-hybridized carbons (Fsp3) is 0.0545. The summed E-state index contributed by atoms with van der Waals surface area (Å²) in [4.78, 5) is 2.32. The number of hydrogen-bond acceptors (Lipinski definition) is 1. The van der Waals surface area contributed by atoms with Gasteiger partial charge in [-0.3, -0.25) is 0 Å². The fourth-order valence-corrected chi connectivity index (χ4v) is 10.1. The van der Waals surface area contributed by atoms with Crippen molar-refractivity contribution in [2.24, 2.45) is 0 Å². The summed E-state index contributed by atoms with van der Waals surface area (Å²) in [6.07, 6.45) is 0. The van der Waals surface area contributed by atoms with Gasteiger partial charge in [0.2, 0.25) is 0 Å². The average Bonchev–Trinajstić information content (AvgIpc) is 3.71. The van der Waals surface area contributed by atoms with E-state index < -0.39 is 0 Å². The largest absolute Gasteiger partial charge is 0.311 e. The Kier molecular flexibility index (Phi) is 6.72. The van der Waals surface area contributed by atoms with Crippen LogP contribution < -0.4 is 4.90 Å². The predicted octanol–water partition coefficient (Wildman–Crippen LogP) is 15.1. The third-order valence-electron chi connectivity index (χ3n) is 12.7. The topological polar surface area (TPSA) is 8.17 Å². The standard InChI is InChI=1S/C55H38N2/c1-55(2)48-19-11-9-17-43(48)44-30-28-41(34-49(44)55)57-50-20-12-10-18-46(50)54-47-32-31-45-42(29-25-36-21-22-37(33-51(54)57)53(47)52(36)45)35-23-26-40(27-24-35)56(38-13-5-3-6-14-38)39-15-7-4-8-16-39/h3-34H,1-2H3. The van der Waals surface area contributed by atoms with Gasteiger partial charge >= 0.3 is 0 Å². The number of fused-ring (bicyclic) bond motifs is 7. The van der Waals surface area contributed by atoms with Crippen LogP contribution in [-0.4, -0.2) is 4.57 Å². The van der Waals surface area contributed by atoms with Gasteiger partial charge in [-0.15, -0.1) is 0 Å². The maximum Gasteiger partial charge on any atom is 0.0553 e. The lowest BCUT2D eigenvalue weighted by molar-refractivity contribution is 0.660. The van der Waals surface area contributed by atoms with Crippen molar-refractivity contribution < 1.29 is 0 Å². The molecule has 57 heavy (non-hydrogen) atoms. The molecule has 2 nitrogen and oxygen atoms in total. The molecule has 10 aromatic carbocycles. The zero-order chi connectivity index (χ0) is 37.8. The van der Waals surface area contributed by atoms with Crippen molar-refractivity contribution in [2.45, 2.75) is 19.3 Å². The molecule has 0 saturated carbocycles. The molecule has 268 valence electrons. The Morgan fingerprint density at radius 2 is 0.982 bits per heavy atom. The Morgan fingerprint density at radius 3 is 1.77 bits per heavy atom. The van der Waals surface area contributed by atoms with Crippen molar-refractivity contribution >= 4 is 71.2 Å². The molecule has 0 amide bonds. The van der Waals surface area contributed by atoms with Gasteiger partial charge in [0.25, 0.3) is 0 Å². The van der Waals surface area contributed by atoms with Gasteiger partial charge in [-0.2, -0.15) is 0 Å². The first-order valence-corrected chi connectivity index (χ1v) is 19.9. The Balaban J connectivity index is 1.04. The van der Waals surface area contributed by atoms with Gasteiger partial charge in [-0.25, -0.2) is 0 Å². The van der Waals surface area contributed by atoms with Crippen LogP contribution in [0.1, 0.15) is 25.0 Å². The van der Waals surface area contributed by atoms with Crippen LogP contribution in [0.25, 0.3) is 82.1 Å². The number of benzene rings is 10. The van der Waals surface area contributed by atoms with E-state index >= 15 is 0 Å². The molecule has 2 heteroatoms. The molecular formula is C55H38N2. The van der Waals surface area contributed by atoms with Crippen molar-refractivity contribution in [1.29, 1.82) is 0 Å². The minimum atomic E-state index is -0.0708. The van der Waals surface area contributed by atoms with E-state index in [1.807, 2.05) is 0 Å². The summed E-state index contributed by atoms with van der Waals surface area (Å²) in [5, 5.41) is 10.4. The van der Waals surface area contributed by atoms with E-state index in [0.717, 1.165) is 17.1 Å². The molecule has 0 radical (unpaired) electrons. The van der Waals surface area contributed by atoms with Gasteiger partial charge in [0.05, 0.1) is 11.0 Å². The van der Waals surface area contributed by atoms with Gasteiger partial charge in [0.15, 0.2) is 0 Å². The highest BCUT2D eigenvalue weighted by molar-refractivity contribution is 6.34. The van der Waals surface area contributed by atoms with Gasteiger partial charge < -0.3 is 9.47 Å². The number of rotatable bonds is 5. The Bertz CT molecular complexity index is 3310. The van der Waals surface area contributed by atoms with Crippen molar-refractivity contribution in [3.05, 3.63) is 205 Å². The summed E-state index contributed by atoms with van der Waals surface area (Å²) in [5.41, 5.74) is 15.0. The van der Waals surface area contributed by atoms with E-state index in [2.05, 4.69) is 217 Å². The molecule has 12 rings (SSSR count). The SMILES string of the molecule is CC1(C)c2ccccc2-c2ccc(-n3c4ccccc4c4c5ccc6c(-c7ccc(N(c8ccccc8)c8ccccc8)cc7)ccc7ccc(cc43)c5c76)cc21. The quantitative estimate of drug-likeness (QED) is 0.160. The third kappa shape index (κ3) is 4.59. The molecule has 1 aliphatic carbocycles. The summed E-state index contributed by atoms with van der Waals surface area (Å²) in [5.74, 6) is 0. The number of hydrogen-bond donors (Lipinski definition) is 0. The van der Waals surface area contributed by atoms with E-state index in [1.54, 1.807) is 0 Å². The maximum atomic E-state index is 2.50. The Labute approximate surface area is 331 Å². The molecule has 0 saturated heterocycles. The average molecular weight is 727 g/mol. The van der Waals surface area contributed by atoms with E-state index in [9.17, 15) is 0 Å². The number of nitrogens with zero attached hydrogens (tertiary/aromatic N) is 2. The smallest absolute Gasteiger partial charge is 0.0553 e. The fourth-order valence-electron chi connectivity index (χ4n) is 10.1. The lowest BCUT2D eigenvalue weighted by atomic mass is 9.82. The maximum absolute atomic E-state index is 2.50. The van der Waals surface area contributed by atoms with Gasteiger partial charge in [-0.1, -0.05) is 147 Å². The lowest BCUT2D eigenvalue weighted by Crippen LogP contribution is -2.15. The predicted molar refractivity (Wildman–Crippen MR) is 242 cm³/mol. The van der Waals surface area contributed by atoms with Crippen LogP contribution in [0.15, 0.2) is 194 Å². The normalized spacial score (nSPS) is 13.2. The highest BCUT2D eigenvalue weighted by Crippen LogP contribution is 2.50. The molecule has 0 N–H and O–H groups in total. The van der Waals surface area contributed by atoms with E-state index in [1.165, 1.54) is 93.2 Å². The molecular weight excluding hydrogens is 689 g/mol. The van der Waals surface area contributed by atoms with Crippen LogP contribution >= 0.6 is 0 Å². The Morgan fingerprint density at radius 1 is 0.386 bits per heavy atom. The highest BCUT2D eigenvalue weighted by Gasteiger charge is 2.35. The lowest BCUT2D eigenvalue weighted by Gasteiger charge is -2.25. The Hall–Kier alpha value is -7.16. The van der Waals surface area contributed by atoms with Crippen LogP contribution in [-0.2, 0) is 5.41 Å². The molecule has 0 bridgehead atoms. The van der Waals surface area contributed by atoms with Crippen molar-refractivity contribution in [2.75, 3.05) is 4.90 Å². The van der Waals surface area contributed by atoms with E-state index in [0.29, 0.717) is 0 Å². The van der Waals surface area contributed by atoms with Crippen molar-refractivity contribution in [1.82, 2.24) is 4.57 Å². The minimum absolute atomic E-state index is 0.0708. The second-order valence-electron chi connectivity index (χ2n) is 16.1. The highest BCUT2D eigenvalue weighted by atomic mass is 15.1. The summed E-state index contributed by atoms with van der Waals surface area (Å²) in [6, 6.07) is 71.7. The van der Waals surface area contributed by atoms with Gasteiger partial charge in [0, 0.05) is 38.9 Å². The molecule has 0 unspecified atom stereocenters. The monoisotopic (exact) mass is 726 g/mol. The second-order valence-corrected chi connectivity index (χ2v) is 16.1. The summed E-state index contributed by atoms with van der Waals surface area (Å²) in [6.45, 7) is 4.73. The first-order valence-electron chi connectivity index (χ1n) is 19.9. The van der Waals surface area contributed by atoms with Crippen LogP contribution in [0.2, 0.25) is 0 Å². The zero-order valence-corrected chi connectivity index (χ0v) is 31.9. The molecule has 0 atom stereocenters. The molecule has 0 spiro atoms. The molecule has 1 heterocycles. The first-order chi connectivity index (χ1) is 28.0. The van der Waals surface area contributed by atoms with Crippen LogP contribution in [0.3, 0.4) is 0 Å². The summed E-state index contributed by atoms with van der Waals surface area (Å²) < 4.78 is 2.50. The first kappa shape index (κ1) is 32.1. The second kappa shape index (κ2) is 11.9. The number of anilines is 3. The van der Waals surface area contributed by atoms with Crippen LogP contribution in [0.4, 0.5) is 17.1 Å². The number of para-hydroxylation sites is 3. The molecule has 0 fully saturated rings. The van der Waals surface area contributed by atoms with E-state index in [4.69, 9.17) is 0 Å². The third-order valence-corrected chi connectivity index (χ3v) is 12.7. The minimum Gasteiger partial charge on any atom is -0.311 e.